The molecule has 0 aliphatic heterocycles. The number of amides is 1. The van der Waals surface area contributed by atoms with Gasteiger partial charge in [0, 0.05) is 18.2 Å². The molecular formula is C17H27ClN2O. The number of benzene rings is 1. The minimum Gasteiger partial charge on any atom is -0.399 e. The molecule has 1 saturated carbocycles. The van der Waals surface area contributed by atoms with Crippen molar-refractivity contribution < 1.29 is 4.79 Å². The van der Waals surface area contributed by atoms with Crippen molar-refractivity contribution in [2.45, 2.75) is 45.4 Å². The van der Waals surface area contributed by atoms with Crippen molar-refractivity contribution in [1.82, 2.24) is 5.32 Å². The lowest BCUT2D eigenvalue weighted by molar-refractivity contribution is -0.126. The zero-order valence-electron chi connectivity index (χ0n) is 12.8. The predicted octanol–water partition coefficient (Wildman–Crippen LogP) is 3.57. The molecule has 0 unspecified atom stereocenters. The molecule has 118 valence electrons. The molecule has 0 bridgehead atoms. The fourth-order valence-corrected chi connectivity index (χ4v) is 2.99. The maximum atomic E-state index is 12.1. The summed E-state index contributed by atoms with van der Waals surface area (Å²) in [4.78, 5) is 12.1. The summed E-state index contributed by atoms with van der Waals surface area (Å²) in [7, 11) is 0. The highest BCUT2D eigenvalue weighted by atomic mass is 35.5. The lowest BCUT2D eigenvalue weighted by Gasteiger charge is -2.26. The van der Waals surface area contributed by atoms with Crippen LogP contribution in [0.5, 0.6) is 0 Å². The molecule has 3 nitrogen and oxygen atoms in total. The van der Waals surface area contributed by atoms with E-state index in [0.717, 1.165) is 37.4 Å². The van der Waals surface area contributed by atoms with E-state index in [2.05, 4.69) is 12.2 Å². The molecular weight excluding hydrogens is 284 g/mol. The molecule has 0 radical (unpaired) electrons. The molecule has 1 aliphatic rings. The van der Waals surface area contributed by atoms with Crippen LogP contribution >= 0.6 is 12.4 Å². The third kappa shape index (κ3) is 5.58. The van der Waals surface area contributed by atoms with Gasteiger partial charge < -0.3 is 11.1 Å². The van der Waals surface area contributed by atoms with Crippen molar-refractivity contribution in [1.29, 1.82) is 0 Å². The summed E-state index contributed by atoms with van der Waals surface area (Å²) in [5, 5.41) is 3.08. The Bertz CT molecular complexity index is 425. The van der Waals surface area contributed by atoms with Gasteiger partial charge in [-0.15, -0.1) is 12.4 Å². The van der Waals surface area contributed by atoms with Crippen LogP contribution in [0.4, 0.5) is 5.69 Å². The Morgan fingerprint density at radius 3 is 2.38 bits per heavy atom. The molecule has 3 N–H and O–H groups in total. The number of hydrogen-bond acceptors (Lipinski definition) is 2. The summed E-state index contributed by atoms with van der Waals surface area (Å²) in [5.74, 6) is 1.33. The SMILES string of the molecule is CCC1CCC(C(=O)NCCc2ccc(N)cc2)CC1.Cl. The Morgan fingerprint density at radius 1 is 1.19 bits per heavy atom. The van der Waals surface area contributed by atoms with Crippen LogP contribution in [0.25, 0.3) is 0 Å². The molecule has 1 amide bonds. The van der Waals surface area contributed by atoms with Gasteiger partial charge in [-0.3, -0.25) is 4.79 Å². The van der Waals surface area contributed by atoms with E-state index >= 15 is 0 Å². The average molecular weight is 311 g/mol. The Hall–Kier alpha value is -1.22. The zero-order chi connectivity index (χ0) is 14.4. The van der Waals surface area contributed by atoms with E-state index in [1.807, 2.05) is 24.3 Å². The maximum Gasteiger partial charge on any atom is 0.223 e. The third-order valence-electron chi connectivity index (χ3n) is 4.49. The van der Waals surface area contributed by atoms with Crippen LogP contribution in [0.2, 0.25) is 0 Å². The lowest BCUT2D eigenvalue weighted by Crippen LogP contribution is -2.34. The summed E-state index contributed by atoms with van der Waals surface area (Å²) >= 11 is 0. The number of halogens is 1. The van der Waals surface area contributed by atoms with Gasteiger partial charge in [-0.2, -0.15) is 0 Å². The first-order valence-electron chi connectivity index (χ1n) is 7.81. The van der Waals surface area contributed by atoms with Gasteiger partial charge in [-0.25, -0.2) is 0 Å². The second kappa shape index (κ2) is 8.93. The van der Waals surface area contributed by atoms with E-state index in [1.165, 1.54) is 24.8 Å². The van der Waals surface area contributed by atoms with Crippen LogP contribution < -0.4 is 11.1 Å². The molecule has 1 aromatic rings. The minimum absolute atomic E-state index is 0. The van der Waals surface area contributed by atoms with E-state index in [-0.39, 0.29) is 24.2 Å². The minimum atomic E-state index is 0. The predicted molar refractivity (Wildman–Crippen MR) is 90.6 cm³/mol. The average Bonchev–Trinajstić information content (AvgIpc) is 2.49. The fraction of sp³-hybridized carbons (Fsp3) is 0.588. The molecule has 0 spiro atoms. The summed E-state index contributed by atoms with van der Waals surface area (Å²) in [6.45, 7) is 2.97. The zero-order valence-corrected chi connectivity index (χ0v) is 13.6. The van der Waals surface area contributed by atoms with Crippen molar-refractivity contribution in [3.63, 3.8) is 0 Å². The standard InChI is InChI=1S/C17H26N2O.ClH/c1-2-13-3-7-15(8-4-13)17(20)19-12-11-14-5-9-16(18)10-6-14;/h5-6,9-10,13,15H,2-4,7-8,11-12,18H2,1H3,(H,19,20);1H. The van der Waals surface area contributed by atoms with E-state index in [4.69, 9.17) is 5.73 Å². The number of nitrogens with one attached hydrogen (secondary N) is 1. The Labute approximate surface area is 134 Å². The summed E-state index contributed by atoms with van der Waals surface area (Å²) in [6, 6.07) is 7.86. The second-order valence-electron chi connectivity index (χ2n) is 5.91. The van der Waals surface area contributed by atoms with Crippen molar-refractivity contribution in [2.24, 2.45) is 11.8 Å². The van der Waals surface area contributed by atoms with E-state index in [9.17, 15) is 4.79 Å². The summed E-state index contributed by atoms with van der Waals surface area (Å²) in [5.41, 5.74) is 7.65. The van der Waals surface area contributed by atoms with E-state index in [1.54, 1.807) is 0 Å². The van der Waals surface area contributed by atoms with E-state index < -0.39 is 0 Å². The van der Waals surface area contributed by atoms with Crippen molar-refractivity contribution in [3.05, 3.63) is 29.8 Å². The summed E-state index contributed by atoms with van der Waals surface area (Å²) < 4.78 is 0. The van der Waals surface area contributed by atoms with Gasteiger partial charge in [0.25, 0.3) is 0 Å². The van der Waals surface area contributed by atoms with Gasteiger partial charge in [0.15, 0.2) is 0 Å². The number of nitrogens with two attached hydrogens (primary N) is 1. The number of carbonyl (C=O) groups is 1. The van der Waals surface area contributed by atoms with Crippen LogP contribution in [0, 0.1) is 11.8 Å². The highest BCUT2D eigenvalue weighted by Gasteiger charge is 2.24. The molecule has 21 heavy (non-hydrogen) atoms. The molecule has 2 rings (SSSR count). The van der Waals surface area contributed by atoms with Crippen LogP contribution in [-0.2, 0) is 11.2 Å². The quantitative estimate of drug-likeness (QED) is 0.817. The Morgan fingerprint density at radius 2 is 1.81 bits per heavy atom. The first-order chi connectivity index (χ1) is 9.69. The molecule has 4 heteroatoms. The number of hydrogen-bond donors (Lipinski definition) is 2. The number of carbonyl (C=O) groups excluding carboxylic acids is 1. The Balaban J connectivity index is 0.00000220. The molecule has 1 aromatic carbocycles. The van der Waals surface area contributed by atoms with Crippen molar-refractivity contribution >= 4 is 24.0 Å². The van der Waals surface area contributed by atoms with Gasteiger partial charge >= 0.3 is 0 Å². The van der Waals surface area contributed by atoms with Crippen LogP contribution in [0.3, 0.4) is 0 Å². The molecule has 0 atom stereocenters. The topological polar surface area (TPSA) is 55.1 Å². The number of anilines is 1. The monoisotopic (exact) mass is 310 g/mol. The highest BCUT2D eigenvalue weighted by Crippen LogP contribution is 2.30. The van der Waals surface area contributed by atoms with Gasteiger partial charge in [-0.05, 0) is 55.7 Å². The van der Waals surface area contributed by atoms with Gasteiger partial charge in [-0.1, -0.05) is 25.5 Å². The van der Waals surface area contributed by atoms with Gasteiger partial charge in [0.2, 0.25) is 5.91 Å². The third-order valence-corrected chi connectivity index (χ3v) is 4.49. The lowest BCUT2D eigenvalue weighted by atomic mass is 9.80. The molecule has 0 heterocycles. The van der Waals surface area contributed by atoms with Gasteiger partial charge in [0.05, 0.1) is 0 Å². The van der Waals surface area contributed by atoms with Crippen LogP contribution in [0.15, 0.2) is 24.3 Å². The molecule has 1 fully saturated rings. The Kier molecular flexibility index (Phi) is 7.58. The highest BCUT2D eigenvalue weighted by molar-refractivity contribution is 5.85. The van der Waals surface area contributed by atoms with Crippen molar-refractivity contribution in [2.75, 3.05) is 12.3 Å². The normalized spacial score (nSPS) is 21.4. The largest absolute Gasteiger partial charge is 0.399 e. The first-order valence-corrected chi connectivity index (χ1v) is 7.81. The number of nitrogen functional groups attached to an aromatic ring is 1. The molecule has 0 aromatic heterocycles. The number of rotatable bonds is 5. The molecule has 0 saturated heterocycles. The maximum absolute atomic E-state index is 12.1. The van der Waals surface area contributed by atoms with Gasteiger partial charge in [0.1, 0.15) is 0 Å². The second-order valence-corrected chi connectivity index (χ2v) is 5.91. The smallest absolute Gasteiger partial charge is 0.223 e. The van der Waals surface area contributed by atoms with Crippen LogP contribution in [-0.4, -0.2) is 12.5 Å². The summed E-state index contributed by atoms with van der Waals surface area (Å²) in [6.07, 6.45) is 6.68. The van der Waals surface area contributed by atoms with Crippen LogP contribution in [0.1, 0.15) is 44.6 Å². The van der Waals surface area contributed by atoms with E-state index in [0.29, 0.717) is 0 Å². The molecule has 1 aliphatic carbocycles. The fourth-order valence-electron chi connectivity index (χ4n) is 2.99. The van der Waals surface area contributed by atoms with Crippen molar-refractivity contribution in [3.8, 4) is 0 Å². The first kappa shape index (κ1) is 17.8.